The molecule has 220 valence electrons. The fourth-order valence-corrected chi connectivity index (χ4v) is 7.16. The molecule has 0 saturated carbocycles. The van der Waals surface area contributed by atoms with Crippen molar-refractivity contribution in [1.82, 2.24) is 4.57 Å². The number of carbonyl (C=O) groups excluding carboxylic acids is 1. The number of benzene rings is 3. The first-order valence-electron chi connectivity index (χ1n) is 14.4. The second-order valence-corrected chi connectivity index (χ2v) is 12.5. The standard InChI is InChI=1S/C34H32BrN3O4S/c1-4-42-33(40)29-30(22-10-6-5-7-11-22)36-34-38(31(29)26-20-24(35)13-15-27(26)41-3)32(39)28(43-34)19-23-12-14-25(18-21(23)2)37-16-8-9-17-37/h5-7,10-15,18-20,31H,4,8-9,16-17H2,1-3H3/b28-19-/t31-/m0/s1. The predicted molar refractivity (Wildman–Crippen MR) is 174 cm³/mol. The van der Waals surface area contributed by atoms with Gasteiger partial charge in [0.2, 0.25) is 0 Å². The number of halogens is 1. The van der Waals surface area contributed by atoms with Gasteiger partial charge < -0.3 is 14.4 Å². The number of hydrogen-bond donors (Lipinski definition) is 0. The Morgan fingerprint density at radius 3 is 2.56 bits per heavy atom. The van der Waals surface area contributed by atoms with Crippen LogP contribution in [0.25, 0.3) is 11.8 Å². The van der Waals surface area contributed by atoms with Crippen LogP contribution in [0.5, 0.6) is 5.75 Å². The van der Waals surface area contributed by atoms with E-state index in [1.807, 2.05) is 54.6 Å². The number of fused-ring (bicyclic) bond motifs is 1. The summed E-state index contributed by atoms with van der Waals surface area (Å²) in [6, 6.07) is 20.7. The maximum Gasteiger partial charge on any atom is 0.338 e. The molecule has 1 saturated heterocycles. The van der Waals surface area contributed by atoms with E-state index in [9.17, 15) is 9.59 Å². The first-order valence-corrected chi connectivity index (χ1v) is 16.0. The number of aromatic nitrogens is 1. The lowest BCUT2D eigenvalue weighted by Gasteiger charge is -2.27. The predicted octanol–water partition coefficient (Wildman–Crippen LogP) is 5.62. The molecular weight excluding hydrogens is 626 g/mol. The van der Waals surface area contributed by atoms with E-state index >= 15 is 0 Å². The average Bonchev–Trinajstić information content (AvgIpc) is 3.66. The molecule has 6 rings (SSSR count). The minimum absolute atomic E-state index is 0.184. The van der Waals surface area contributed by atoms with Crippen molar-refractivity contribution in [3.63, 3.8) is 0 Å². The Labute approximate surface area is 262 Å². The van der Waals surface area contributed by atoms with Crippen LogP contribution in [-0.2, 0) is 9.53 Å². The van der Waals surface area contributed by atoms with Crippen molar-refractivity contribution in [2.45, 2.75) is 32.7 Å². The van der Waals surface area contributed by atoms with Crippen molar-refractivity contribution < 1.29 is 14.3 Å². The summed E-state index contributed by atoms with van der Waals surface area (Å²) in [7, 11) is 1.58. The lowest BCUT2D eigenvalue weighted by Crippen LogP contribution is -2.40. The Balaban J connectivity index is 1.60. The number of carbonyl (C=O) groups is 1. The zero-order valence-electron chi connectivity index (χ0n) is 24.3. The third-order valence-electron chi connectivity index (χ3n) is 7.87. The smallest absolute Gasteiger partial charge is 0.338 e. The molecule has 9 heteroatoms. The Morgan fingerprint density at radius 1 is 1.09 bits per heavy atom. The molecule has 0 bridgehead atoms. The Kier molecular flexibility index (Phi) is 8.36. The van der Waals surface area contributed by atoms with Crippen LogP contribution >= 0.6 is 27.3 Å². The fourth-order valence-electron chi connectivity index (χ4n) is 5.79. The first kappa shape index (κ1) is 29.1. The van der Waals surface area contributed by atoms with Gasteiger partial charge in [-0.25, -0.2) is 9.79 Å². The number of aryl methyl sites for hydroxylation is 1. The molecule has 0 aliphatic carbocycles. The van der Waals surface area contributed by atoms with Gasteiger partial charge in [-0.05, 0) is 74.2 Å². The quantitative estimate of drug-likeness (QED) is 0.242. The Hall–Kier alpha value is -3.95. The van der Waals surface area contributed by atoms with Gasteiger partial charge in [0.15, 0.2) is 4.80 Å². The van der Waals surface area contributed by atoms with Gasteiger partial charge in [0, 0.05) is 34.4 Å². The molecule has 1 fully saturated rings. The minimum Gasteiger partial charge on any atom is -0.496 e. The van der Waals surface area contributed by atoms with Gasteiger partial charge in [-0.3, -0.25) is 9.36 Å². The topological polar surface area (TPSA) is 73.1 Å². The largest absolute Gasteiger partial charge is 0.496 e. The highest BCUT2D eigenvalue weighted by Gasteiger charge is 2.37. The van der Waals surface area contributed by atoms with Gasteiger partial charge in [-0.2, -0.15) is 0 Å². The van der Waals surface area contributed by atoms with Gasteiger partial charge in [-0.15, -0.1) is 0 Å². The molecule has 3 aromatic carbocycles. The second-order valence-electron chi connectivity index (χ2n) is 10.6. The van der Waals surface area contributed by atoms with Gasteiger partial charge in [-0.1, -0.05) is 63.7 Å². The molecular formula is C34H32BrN3O4S. The Bertz CT molecular complexity index is 1910. The highest BCUT2D eigenvalue weighted by molar-refractivity contribution is 9.10. The van der Waals surface area contributed by atoms with Crippen LogP contribution < -0.4 is 24.5 Å². The van der Waals surface area contributed by atoms with Crippen molar-refractivity contribution in [3.05, 3.63) is 119 Å². The summed E-state index contributed by atoms with van der Waals surface area (Å²) in [4.78, 5) is 35.9. The van der Waals surface area contributed by atoms with E-state index < -0.39 is 12.0 Å². The van der Waals surface area contributed by atoms with Crippen LogP contribution in [0, 0.1) is 6.92 Å². The summed E-state index contributed by atoms with van der Waals surface area (Å²) in [6.45, 7) is 6.17. The van der Waals surface area contributed by atoms with Crippen molar-refractivity contribution in [1.29, 1.82) is 0 Å². The molecule has 3 heterocycles. The van der Waals surface area contributed by atoms with Crippen molar-refractivity contribution >= 4 is 50.7 Å². The number of rotatable bonds is 7. The van der Waals surface area contributed by atoms with Crippen LogP contribution in [0.3, 0.4) is 0 Å². The maximum atomic E-state index is 14.3. The maximum absolute atomic E-state index is 14.3. The lowest BCUT2D eigenvalue weighted by atomic mass is 9.92. The summed E-state index contributed by atoms with van der Waals surface area (Å²) in [5.41, 5.74) is 5.22. The molecule has 0 amide bonds. The number of esters is 1. The van der Waals surface area contributed by atoms with Crippen LogP contribution in [0.2, 0.25) is 0 Å². The molecule has 1 atom stereocenters. The number of thiazole rings is 1. The van der Waals surface area contributed by atoms with Crippen molar-refractivity contribution in [3.8, 4) is 5.75 Å². The minimum atomic E-state index is -0.821. The summed E-state index contributed by atoms with van der Waals surface area (Å²) in [5.74, 6) is 0.0204. The van der Waals surface area contributed by atoms with Crippen LogP contribution in [0.15, 0.2) is 86.6 Å². The lowest BCUT2D eigenvalue weighted by molar-refractivity contribution is -0.138. The number of anilines is 1. The highest BCUT2D eigenvalue weighted by Crippen LogP contribution is 2.39. The van der Waals surface area contributed by atoms with Gasteiger partial charge in [0.25, 0.3) is 5.56 Å². The molecule has 4 aromatic rings. The van der Waals surface area contributed by atoms with E-state index in [1.54, 1.807) is 18.6 Å². The average molecular weight is 659 g/mol. The zero-order chi connectivity index (χ0) is 30.1. The summed E-state index contributed by atoms with van der Waals surface area (Å²) < 4.78 is 14.3. The monoisotopic (exact) mass is 657 g/mol. The third-order valence-corrected chi connectivity index (χ3v) is 9.35. The van der Waals surface area contributed by atoms with Crippen LogP contribution in [0.4, 0.5) is 5.69 Å². The number of methoxy groups -OCH3 is 1. The van der Waals surface area contributed by atoms with E-state index in [-0.39, 0.29) is 17.7 Å². The molecule has 43 heavy (non-hydrogen) atoms. The molecule has 2 aliphatic rings. The number of ether oxygens (including phenoxy) is 2. The SMILES string of the molecule is CCOC(=O)C1=C(c2ccccc2)N=c2s/c(=C\c3ccc(N4CCCC4)cc3C)c(=O)n2[C@H]1c1cc(Br)ccc1OC. The zero-order valence-corrected chi connectivity index (χ0v) is 26.7. The molecule has 7 nitrogen and oxygen atoms in total. The normalized spacial score (nSPS) is 16.7. The number of hydrogen-bond acceptors (Lipinski definition) is 7. The van der Waals surface area contributed by atoms with Gasteiger partial charge in [0.1, 0.15) is 11.8 Å². The summed E-state index contributed by atoms with van der Waals surface area (Å²) >= 11 is 4.90. The third kappa shape index (κ3) is 5.59. The molecule has 0 radical (unpaired) electrons. The van der Waals surface area contributed by atoms with Crippen LogP contribution in [-0.4, -0.2) is 37.3 Å². The van der Waals surface area contributed by atoms with Crippen molar-refractivity contribution in [2.24, 2.45) is 4.99 Å². The molecule has 0 spiro atoms. The second kappa shape index (κ2) is 12.3. The Morgan fingerprint density at radius 2 is 1.86 bits per heavy atom. The summed E-state index contributed by atoms with van der Waals surface area (Å²) in [6.07, 6.45) is 4.35. The highest BCUT2D eigenvalue weighted by atomic mass is 79.9. The van der Waals surface area contributed by atoms with Gasteiger partial charge in [0.05, 0.1) is 29.5 Å². The molecule has 0 N–H and O–H groups in total. The van der Waals surface area contributed by atoms with Crippen molar-refractivity contribution in [2.75, 3.05) is 31.7 Å². The number of nitrogens with zero attached hydrogens (tertiary/aromatic N) is 3. The molecule has 1 aromatic heterocycles. The van der Waals surface area contributed by atoms with Crippen LogP contribution in [0.1, 0.15) is 48.1 Å². The molecule has 2 aliphatic heterocycles. The van der Waals surface area contributed by atoms with E-state index in [0.29, 0.717) is 26.3 Å². The van der Waals surface area contributed by atoms with E-state index in [0.717, 1.165) is 34.3 Å². The van der Waals surface area contributed by atoms with E-state index in [2.05, 4.69) is 46.0 Å². The summed E-state index contributed by atoms with van der Waals surface area (Å²) in [5, 5.41) is 0. The first-order chi connectivity index (χ1) is 20.9. The molecule has 0 unspecified atom stereocenters. The van der Waals surface area contributed by atoms with E-state index in [4.69, 9.17) is 14.5 Å². The fraction of sp³-hybridized carbons (Fsp3) is 0.265. The van der Waals surface area contributed by atoms with E-state index in [1.165, 1.54) is 29.9 Å². The van der Waals surface area contributed by atoms with Gasteiger partial charge >= 0.3 is 5.97 Å².